The molecule has 1 aromatic rings. The summed E-state index contributed by atoms with van der Waals surface area (Å²) in [7, 11) is 0. The Labute approximate surface area is 120 Å². The Morgan fingerprint density at radius 2 is 1.84 bits per heavy atom. The minimum absolute atomic E-state index is 0.379. The van der Waals surface area contributed by atoms with Gasteiger partial charge in [0.15, 0.2) is 0 Å². The molecule has 106 valence electrons. The van der Waals surface area contributed by atoms with Gasteiger partial charge in [0.1, 0.15) is 0 Å². The second kappa shape index (κ2) is 7.29. The molecule has 4 heteroatoms. The molecule has 1 unspecified atom stereocenters. The lowest BCUT2D eigenvalue weighted by atomic mass is 10.1. The smallest absolute Gasteiger partial charge is 0.0916 e. The van der Waals surface area contributed by atoms with E-state index in [9.17, 15) is 5.11 Å². The summed E-state index contributed by atoms with van der Waals surface area (Å²) in [4.78, 5) is 3.59. The van der Waals surface area contributed by atoms with Gasteiger partial charge in [0.05, 0.1) is 6.10 Å². The van der Waals surface area contributed by atoms with E-state index in [1.807, 2.05) is 11.8 Å². The van der Waals surface area contributed by atoms with Crippen molar-refractivity contribution in [3.63, 3.8) is 0 Å². The fourth-order valence-electron chi connectivity index (χ4n) is 2.28. The minimum atomic E-state index is -0.379. The van der Waals surface area contributed by atoms with Crippen LogP contribution in [0.2, 0.25) is 0 Å². The molecular weight excluding hydrogens is 256 g/mol. The summed E-state index contributed by atoms with van der Waals surface area (Å²) in [6.07, 6.45) is -0.379. The van der Waals surface area contributed by atoms with Gasteiger partial charge in [-0.3, -0.25) is 4.90 Å². The highest BCUT2D eigenvalue weighted by molar-refractivity contribution is 7.99. The Bertz CT molecular complexity index is 374. The molecule has 0 spiro atoms. The Balaban J connectivity index is 1.89. The molecule has 0 bridgehead atoms. The molecule has 1 aliphatic rings. The van der Waals surface area contributed by atoms with Crippen molar-refractivity contribution in [3.8, 4) is 0 Å². The van der Waals surface area contributed by atoms with Crippen LogP contribution >= 0.6 is 11.8 Å². The van der Waals surface area contributed by atoms with Crippen LogP contribution in [0, 0.1) is 0 Å². The van der Waals surface area contributed by atoms with Crippen LogP contribution in [0.25, 0.3) is 0 Å². The van der Waals surface area contributed by atoms with Crippen molar-refractivity contribution in [2.45, 2.75) is 30.1 Å². The molecular formula is C15H24N2OS. The predicted molar refractivity (Wildman–Crippen MR) is 81.7 cm³/mol. The standard InChI is InChI=1S/C15H24N2OS/c1-12(2)19-14-5-3-13(4-6-14)15(18)11-17-9-7-16-8-10-17/h3-6,12,15-16,18H,7-11H2,1-2H3. The van der Waals surface area contributed by atoms with E-state index in [-0.39, 0.29) is 6.10 Å². The maximum absolute atomic E-state index is 10.3. The van der Waals surface area contributed by atoms with Crippen LogP contribution < -0.4 is 5.32 Å². The average Bonchev–Trinajstić information content (AvgIpc) is 2.40. The second-order valence-electron chi connectivity index (χ2n) is 5.30. The molecule has 1 saturated heterocycles. The quantitative estimate of drug-likeness (QED) is 0.810. The number of nitrogens with one attached hydrogen (secondary N) is 1. The lowest BCUT2D eigenvalue weighted by Crippen LogP contribution is -2.44. The molecule has 3 nitrogen and oxygen atoms in total. The number of β-amino-alcohol motifs (C(OH)–C–C–N with tert-alkyl or cyclic N) is 1. The fraction of sp³-hybridized carbons (Fsp3) is 0.600. The molecule has 2 N–H and O–H groups in total. The fourth-order valence-corrected chi connectivity index (χ4v) is 3.12. The second-order valence-corrected chi connectivity index (χ2v) is 6.95. The Kier molecular flexibility index (Phi) is 5.70. The molecule has 0 aliphatic carbocycles. The minimum Gasteiger partial charge on any atom is -0.387 e. The number of aliphatic hydroxyl groups excluding tert-OH is 1. The molecule has 19 heavy (non-hydrogen) atoms. The average molecular weight is 280 g/mol. The SMILES string of the molecule is CC(C)Sc1ccc(C(O)CN2CCNCC2)cc1. The first kappa shape index (κ1) is 14.9. The van der Waals surface area contributed by atoms with Crippen LogP contribution in [0.3, 0.4) is 0 Å². The monoisotopic (exact) mass is 280 g/mol. The number of hydrogen-bond donors (Lipinski definition) is 2. The van der Waals surface area contributed by atoms with Gasteiger partial charge in [0, 0.05) is 42.9 Å². The van der Waals surface area contributed by atoms with E-state index >= 15 is 0 Å². The van der Waals surface area contributed by atoms with Crippen molar-refractivity contribution in [3.05, 3.63) is 29.8 Å². The molecule has 0 amide bonds. The van der Waals surface area contributed by atoms with Crippen LogP contribution in [0.1, 0.15) is 25.5 Å². The molecule has 1 aliphatic heterocycles. The van der Waals surface area contributed by atoms with Crippen molar-refractivity contribution in [1.82, 2.24) is 10.2 Å². The number of aliphatic hydroxyl groups is 1. The van der Waals surface area contributed by atoms with E-state index in [0.717, 1.165) is 38.3 Å². The highest BCUT2D eigenvalue weighted by atomic mass is 32.2. The van der Waals surface area contributed by atoms with E-state index in [2.05, 4.69) is 48.3 Å². The molecule has 1 atom stereocenters. The molecule has 1 aromatic carbocycles. The van der Waals surface area contributed by atoms with Crippen LogP contribution in [0.5, 0.6) is 0 Å². The summed E-state index contributed by atoms with van der Waals surface area (Å²) < 4.78 is 0. The summed E-state index contributed by atoms with van der Waals surface area (Å²) in [5.41, 5.74) is 1.02. The first-order chi connectivity index (χ1) is 9.15. The zero-order valence-electron chi connectivity index (χ0n) is 11.8. The Morgan fingerprint density at radius 3 is 2.42 bits per heavy atom. The van der Waals surface area contributed by atoms with Crippen LogP contribution in [0.4, 0.5) is 0 Å². The summed E-state index contributed by atoms with van der Waals surface area (Å²) in [5.74, 6) is 0. The highest BCUT2D eigenvalue weighted by Gasteiger charge is 2.15. The van der Waals surface area contributed by atoms with Crippen molar-refractivity contribution < 1.29 is 5.11 Å². The number of piperazine rings is 1. The molecule has 2 rings (SSSR count). The van der Waals surface area contributed by atoms with Gasteiger partial charge >= 0.3 is 0 Å². The molecule has 0 radical (unpaired) electrons. The van der Waals surface area contributed by atoms with Gasteiger partial charge in [0.25, 0.3) is 0 Å². The van der Waals surface area contributed by atoms with Crippen LogP contribution in [-0.4, -0.2) is 48.0 Å². The van der Waals surface area contributed by atoms with Gasteiger partial charge in [-0.25, -0.2) is 0 Å². The van der Waals surface area contributed by atoms with Crippen molar-refractivity contribution in [2.75, 3.05) is 32.7 Å². The van der Waals surface area contributed by atoms with E-state index in [1.54, 1.807) is 0 Å². The maximum atomic E-state index is 10.3. The summed E-state index contributed by atoms with van der Waals surface area (Å²) in [5, 5.41) is 14.2. The molecule has 0 saturated carbocycles. The molecule has 1 fully saturated rings. The third-order valence-corrected chi connectivity index (χ3v) is 4.29. The van der Waals surface area contributed by atoms with E-state index in [4.69, 9.17) is 0 Å². The van der Waals surface area contributed by atoms with Gasteiger partial charge in [-0.05, 0) is 17.7 Å². The lowest BCUT2D eigenvalue weighted by Gasteiger charge is -2.29. The summed E-state index contributed by atoms with van der Waals surface area (Å²) in [6.45, 7) is 9.22. The lowest BCUT2D eigenvalue weighted by molar-refractivity contribution is 0.105. The Hall–Kier alpha value is -0.550. The summed E-state index contributed by atoms with van der Waals surface area (Å²) >= 11 is 1.85. The number of rotatable bonds is 5. The van der Waals surface area contributed by atoms with Gasteiger partial charge in [-0.15, -0.1) is 11.8 Å². The third kappa shape index (κ3) is 4.80. The summed E-state index contributed by atoms with van der Waals surface area (Å²) in [6, 6.07) is 8.33. The van der Waals surface area contributed by atoms with E-state index in [1.165, 1.54) is 4.90 Å². The largest absolute Gasteiger partial charge is 0.387 e. The third-order valence-electron chi connectivity index (χ3n) is 3.28. The van der Waals surface area contributed by atoms with Crippen molar-refractivity contribution in [1.29, 1.82) is 0 Å². The van der Waals surface area contributed by atoms with E-state index < -0.39 is 0 Å². The van der Waals surface area contributed by atoms with Gasteiger partial charge in [-0.2, -0.15) is 0 Å². The number of hydrogen-bond acceptors (Lipinski definition) is 4. The van der Waals surface area contributed by atoms with Crippen LogP contribution in [0.15, 0.2) is 29.2 Å². The van der Waals surface area contributed by atoms with Crippen molar-refractivity contribution in [2.24, 2.45) is 0 Å². The zero-order valence-corrected chi connectivity index (χ0v) is 12.6. The highest BCUT2D eigenvalue weighted by Crippen LogP contribution is 2.24. The topological polar surface area (TPSA) is 35.5 Å². The predicted octanol–water partition coefficient (Wildman–Crippen LogP) is 2.13. The van der Waals surface area contributed by atoms with Gasteiger partial charge in [-0.1, -0.05) is 26.0 Å². The Morgan fingerprint density at radius 1 is 1.21 bits per heavy atom. The van der Waals surface area contributed by atoms with Gasteiger partial charge in [0.2, 0.25) is 0 Å². The molecule has 1 heterocycles. The number of benzene rings is 1. The first-order valence-corrected chi connectivity index (χ1v) is 7.91. The normalized spacial score (nSPS) is 18.7. The number of nitrogens with zero attached hydrogens (tertiary/aromatic N) is 1. The maximum Gasteiger partial charge on any atom is 0.0916 e. The molecule has 0 aromatic heterocycles. The van der Waals surface area contributed by atoms with Gasteiger partial charge < -0.3 is 10.4 Å². The zero-order chi connectivity index (χ0) is 13.7. The van der Waals surface area contributed by atoms with Crippen molar-refractivity contribution >= 4 is 11.8 Å². The number of thioether (sulfide) groups is 1. The van der Waals surface area contributed by atoms with Crippen LogP contribution in [-0.2, 0) is 0 Å². The first-order valence-electron chi connectivity index (χ1n) is 7.03. The van der Waals surface area contributed by atoms with E-state index in [0.29, 0.717) is 5.25 Å².